The lowest BCUT2D eigenvalue weighted by molar-refractivity contribution is 0.617. The molecule has 3 rings (SSSR count). The van der Waals surface area contributed by atoms with E-state index in [1.54, 1.807) is 0 Å². The molecule has 1 aromatic heterocycles. The van der Waals surface area contributed by atoms with Crippen LogP contribution in [0.15, 0.2) is 62.0 Å². The summed E-state index contributed by atoms with van der Waals surface area (Å²) >= 11 is 0. The molecule has 0 amide bonds. The molecule has 4 nitrogen and oxygen atoms in total. The molecule has 1 aliphatic rings. The molecule has 0 spiro atoms. The standard InChI is InChI=1S/C24H30N4/c1-7-10-18(9-3)21-12-19(20-14-25-17(6)26-15-20)13-22-23(16(4)5)27-28(11-8-2)24(21)22/h7-8,12-15,18,23,27H,1-2,4,9-11H2,3,5-6H3. The van der Waals surface area contributed by atoms with Gasteiger partial charge in [0.05, 0.1) is 18.3 Å². The van der Waals surface area contributed by atoms with Gasteiger partial charge in [-0.2, -0.15) is 0 Å². The number of nitrogens with zero attached hydrogens (tertiary/aromatic N) is 3. The smallest absolute Gasteiger partial charge is 0.125 e. The minimum absolute atomic E-state index is 0.0845. The second kappa shape index (κ2) is 8.53. The Labute approximate surface area is 168 Å². The fourth-order valence-corrected chi connectivity index (χ4v) is 3.88. The van der Waals surface area contributed by atoms with Crippen LogP contribution >= 0.6 is 0 Å². The SMILES string of the molecule is C=CCC(CC)c1cc(-c2cnc(C)nc2)cc2c1N(CC=C)NC2C(=C)C. The third-order valence-corrected chi connectivity index (χ3v) is 5.34. The highest BCUT2D eigenvalue weighted by Crippen LogP contribution is 2.45. The molecule has 2 aromatic rings. The molecular weight excluding hydrogens is 344 g/mol. The van der Waals surface area contributed by atoms with E-state index in [1.807, 2.05) is 31.5 Å². The molecule has 0 saturated heterocycles. The molecule has 0 aliphatic carbocycles. The molecule has 2 atom stereocenters. The van der Waals surface area contributed by atoms with Crippen molar-refractivity contribution < 1.29 is 0 Å². The quantitative estimate of drug-likeness (QED) is 0.606. The van der Waals surface area contributed by atoms with Gasteiger partial charge in [0.1, 0.15) is 5.82 Å². The Bertz CT molecular complexity index is 882. The number of nitrogens with one attached hydrogen (secondary N) is 1. The molecule has 0 fully saturated rings. The first-order chi connectivity index (χ1) is 13.5. The van der Waals surface area contributed by atoms with Gasteiger partial charge in [0.25, 0.3) is 0 Å². The molecular formula is C24H30N4. The maximum absolute atomic E-state index is 4.39. The number of allylic oxidation sites excluding steroid dienone is 1. The van der Waals surface area contributed by atoms with Gasteiger partial charge < -0.3 is 5.01 Å². The Morgan fingerprint density at radius 2 is 1.93 bits per heavy atom. The monoisotopic (exact) mass is 374 g/mol. The van der Waals surface area contributed by atoms with Crippen LogP contribution in [0.5, 0.6) is 0 Å². The highest BCUT2D eigenvalue weighted by atomic mass is 15.5. The summed E-state index contributed by atoms with van der Waals surface area (Å²) in [5.41, 5.74) is 10.7. The molecule has 1 N–H and O–H groups in total. The molecule has 1 aliphatic heterocycles. The first kappa shape index (κ1) is 20.0. The summed E-state index contributed by atoms with van der Waals surface area (Å²) in [5.74, 6) is 1.18. The second-order valence-electron chi connectivity index (χ2n) is 7.46. The third kappa shape index (κ3) is 3.78. The van der Waals surface area contributed by atoms with Crippen molar-refractivity contribution in [3.8, 4) is 11.1 Å². The van der Waals surface area contributed by atoms with Gasteiger partial charge in [-0.25, -0.2) is 15.4 Å². The number of aryl methyl sites for hydroxylation is 1. The summed E-state index contributed by atoms with van der Waals surface area (Å²) in [6.45, 7) is 19.1. The maximum atomic E-state index is 4.39. The first-order valence-corrected chi connectivity index (χ1v) is 9.87. The minimum Gasteiger partial charge on any atom is -0.303 e. The Balaban J connectivity index is 2.24. The van der Waals surface area contributed by atoms with Gasteiger partial charge in [0.15, 0.2) is 0 Å². The van der Waals surface area contributed by atoms with Crippen LogP contribution < -0.4 is 10.4 Å². The highest BCUT2D eigenvalue weighted by Gasteiger charge is 2.32. The lowest BCUT2D eigenvalue weighted by atomic mass is 9.86. The Morgan fingerprint density at radius 3 is 2.50 bits per heavy atom. The van der Waals surface area contributed by atoms with Crippen molar-refractivity contribution in [1.29, 1.82) is 0 Å². The normalized spacial score (nSPS) is 16.5. The van der Waals surface area contributed by atoms with Gasteiger partial charge in [-0.3, -0.25) is 0 Å². The lowest BCUT2D eigenvalue weighted by Gasteiger charge is -2.25. The van der Waals surface area contributed by atoms with Gasteiger partial charge >= 0.3 is 0 Å². The highest BCUT2D eigenvalue weighted by molar-refractivity contribution is 5.75. The molecule has 2 heterocycles. The number of rotatable bonds is 8. The molecule has 146 valence electrons. The van der Waals surface area contributed by atoms with Crippen LogP contribution in [0.3, 0.4) is 0 Å². The molecule has 0 bridgehead atoms. The Hall–Kier alpha value is -2.72. The molecule has 0 saturated carbocycles. The van der Waals surface area contributed by atoms with Gasteiger partial charge in [-0.15, -0.1) is 13.2 Å². The Kier molecular flexibility index (Phi) is 6.10. The van der Waals surface area contributed by atoms with E-state index in [0.29, 0.717) is 5.92 Å². The van der Waals surface area contributed by atoms with Gasteiger partial charge in [-0.1, -0.05) is 31.2 Å². The molecule has 4 heteroatoms. The zero-order chi connectivity index (χ0) is 20.3. The van der Waals surface area contributed by atoms with Crippen molar-refractivity contribution in [3.63, 3.8) is 0 Å². The van der Waals surface area contributed by atoms with Crippen molar-refractivity contribution in [2.24, 2.45) is 0 Å². The number of hydrazine groups is 1. The predicted molar refractivity (Wildman–Crippen MR) is 118 cm³/mol. The van der Waals surface area contributed by atoms with Crippen LogP contribution in [0.2, 0.25) is 0 Å². The summed E-state index contributed by atoms with van der Waals surface area (Å²) in [5, 5.41) is 2.21. The van der Waals surface area contributed by atoms with Crippen LogP contribution in [-0.4, -0.2) is 16.5 Å². The van der Waals surface area contributed by atoms with E-state index >= 15 is 0 Å². The summed E-state index contributed by atoms with van der Waals surface area (Å²) in [6, 6.07) is 4.63. The number of hydrogen-bond acceptors (Lipinski definition) is 4. The molecule has 2 unspecified atom stereocenters. The number of hydrogen-bond donors (Lipinski definition) is 1. The zero-order valence-corrected chi connectivity index (χ0v) is 17.2. The van der Waals surface area contributed by atoms with E-state index in [1.165, 1.54) is 16.8 Å². The van der Waals surface area contributed by atoms with Crippen molar-refractivity contribution in [2.75, 3.05) is 11.6 Å². The van der Waals surface area contributed by atoms with Crippen LogP contribution in [0.25, 0.3) is 11.1 Å². The van der Waals surface area contributed by atoms with Crippen LogP contribution in [0.1, 0.15) is 55.6 Å². The minimum atomic E-state index is 0.0845. The van der Waals surface area contributed by atoms with E-state index in [-0.39, 0.29) is 6.04 Å². The summed E-state index contributed by atoms with van der Waals surface area (Å²) < 4.78 is 0. The van der Waals surface area contributed by atoms with Crippen molar-refractivity contribution >= 4 is 5.69 Å². The van der Waals surface area contributed by atoms with Gasteiger partial charge in [0.2, 0.25) is 0 Å². The predicted octanol–water partition coefficient (Wildman–Crippen LogP) is 5.65. The number of fused-ring (bicyclic) bond motifs is 1. The molecule has 0 radical (unpaired) electrons. The summed E-state index contributed by atoms with van der Waals surface area (Å²) in [6.07, 6.45) is 9.74. The molecule has 28 heavy (non-hydrogen) atoms. The number of anilines is 1. The van der Waals surface area contributed by atoms with Crippen LogP contribution in [-0.2, 0) is 0 Å². The number of benzene rings is 1. The van der Waals surface area contributed by atoms with E-state index in [4.69, 9.17) is 0 Å². The third-order valence-electron chi connectivity index (χ3n) is 5.34. The topological polar surface area (TPSA) is 41.1 Å². The average Bonchev–Trinajstić information content (AvgIpc) is 3.05. The van der Waals surface area contributed by atoms with Crippen LogP contribution in [0.4, 0.5) is 5.69 Å². The van der Waals surface area contributed by atoms with E-state index in [2.05, 4.69) is 66.1 Å². The Morgan fingerprint density at radius 1 is 1.21 bits per heavy atom. The van der Waals surface area contributed by atoms with Crippen molar-refractivity contribution in [1.82, 2.24) is 15.4 Å². The average molecular weight is 375 g/mol. The van der Waals surface area contributed by atoms with Gasteiger partial charge in [-0.05, 0) is 55.9 Å². The van der Waals surface area contributed by atoms with Crippen molar-refractivity contribution in [2.45, 2.75) is 45.6 Å². The maximum Gasteiger partial charge on any atom is 0.125 e. The number of aromatic nitrogens is 2. The van der Waals surface area contributed by atoms with E-state index in [0.717, 1.165) is 41.9 Å². The van der Waals surface area contributed by atoms with Gasteiger partial charge in [0, 0.05) is 23.5 Å². The van der Waals surface area contributed by atoms with E-state index in [9.17, 15) is 0 Å². The largest absolute Gasteiger partial charge is 0.303 e. The summed E-state index contributed by atoms with van der Waals surface area (Å²) in [4.78, 5) is 8.79. The zero-order valence-electron chi connectivity index (χ0n) is 17.2. The fourth-order valence-electron chi connectivity index (χ4n) is 3.88. The second-order valence-corrected chi connectivity index (χ2v) is 7.46. The summed E-state index contributed by atoms with van der Waals surface area (Å²) in [7, 11) is 0. The van der Waals surface area contributed by atoms with Crippen molar-refractivity contribution in [3.05, 3.63) is 78.9 Å². The van der Waals surface area contributed by atoms with E-state index < -0.39 is 0 Å². The van der Waals surface area contributed by atoms with Crippen LogP contribution in [0, 0.1) is 6.92 Å². The molecule has 1 aromatic carbocycles. The first-order valence-electron chi connectivity index (χ1n) is 9.87. The lowest BCUT2D eigenvalue weighted by Crippen LogP contribution is -2.35. The fraction of sp³-hybridized carbons (Fsp3) is 0.333.